The predicted molar refractivity (Wildman–Crippen MR) is 102 cm³/mol. The van der Waals surface area contributed by atoms with Gasteiger partial charge in [0.25, 0.3) is 5.91 Å². The van der Waals surface area contributed by atoms with Crippen molar-refractivity contribution in [1.29, 1.82) is 0 Å². The van der Waals surface area contributed by atoms with Crippen molar-refractivity contribution in [2.45, 2.75) is 25.4 Å². The summed E-state index contributed by atoms with van der Waals surface area (Å²) < 4.78 is 13.1. The molecule has 29 heavy (non-hydrogen) atoms. The average molecular weight is 400 g/mol. The maximum atomic E-state index is 13.1. The van der Waals surface area contributed by atoms with Gasteiger partial charge in [0, 0.05) is 49.9 Å². The Morgan fingerprint density at radius 2 is 2.03 bits per heavy atom. The van der Waals surface area contributed by atoms with Gasteiger partial charge in [-0.3, -0.25) is 14.7 Å². The van der Waals surface area contributed by atoms with Gasteiger partial charge in [-0.1, -0.05) is 0 Å². The number of carbonyl (C=O) groups is 3. The maximum absolute atomic E-state index is 13.1. The molecule has 0 bridgehead atoms. The SMILES string of the molecule is CNC(=O)c1n[nH]c2c1CN(C(=O)N[C@H]1CC(=O)N(c3ccc(F)cc3)C1)CC2. The Hall–Kier alpha value is -3.43. The first-order valence-electron chi connectivity index (χ1n) is 9.36. The van der Waals surface area contributed by atoms with Gasteiger partial charge in [0.2, 0.25) is 5.91 Å². The molecule has 4 rings (SSSR count). The van der Waals surface area contributed by atoms with E-state index in [0.29, 0.717) is 36.5 Å². The minimum Gasteiger partial charge on any atom is -0.354 e. The lowest BCUT2D eigenvalue weighted by Crippen LogP contribution is -2.47. The summed E-state index contributed by atoms with van der Waals surface area (Å²) in [7, 11) is 1.53. The Labute approximate surface area is 166 Å². The Bertz CT molecular complexity index is 957. The topological polar surface area (TPSA) is 110 Å². The number of carbonyl (C=O) groups excluding carboxylic acids is 3. The zero-order valence-electron chi connectivity index (χ0n) is 15.9. The monoisotopic (exact) mass is 400 g/mol. The number of amides is 4. The lowest BCUT2D eigenvalue weighted by molar-refractivity contribution is -0.117. The van der Waals surface area contributed by atoms with Crippen LogP contribution in [0.2, 0.25) is 0 Å². The summed E-state index contributed by atoms with van der Waals surface area (Å²) >= 11 is 0. The van der Waals surface area contributed by atoms with Crippen molar-refractivity contribution < 1.29 is 18.8 Å². The molecule has 3 heterocycles. The molecule has 1 atom stereocenters. The smallest absolute Gasteiger partial charge is 0.318 e. The average Bonchev–Trinajstić information content (AvgIpc) is 3.30. The first kappa shape index (κ1) is 18.9. The zero-order valence-corrected chi connectivity index (χ0v) is 15.9. The van der Waals surface area contributed by atoms with Crippen LogP contribution in [0.25, 0.3) is 0 Å². The van der Waals surface area contributed by atoms with Crippen molar-refractivity contribution in [2.75, 3.05) is 25.0 Å². The lowest BCUT2D eigenvalue weighted by atomic mass is 10.1. The van der Waals surface area contributed by atoms with Crippen LogP contribution < -0.4 is 15.5 Å². The van der Waals surface area contributed by atoms with Gasteiger partial charge < -0.3 is 20.4 Å². The molecule has 0 saturated carbocycles. The third kappa shape index (κ3) is 3.65. The van der Waals surface area contributed by atoms with Crippen LogP contribution in [0.3, 0.4) is 0 Å². The summed E-state index contributed by atoms with van der Waals surface area (Å²) in [6.07, 6.45) is 0.745. The fraction of sp³-hybridized carbons (Fsp3) is 0.368. The Morgan fingerprint density at radius 3 is 2.76 bits per heavy atom. The van der Waals surface area contributed by atoms with E-state index in [1.807, 2.05) is 0 Å². The maximum Gasteiger partial charge on any atom is 0.318 e. The molecule has 2 aliphatic heterocycles. The van der Waals surface area contributed by atoms with Crippen molar-refractivity contribution in [3.05, 3.63) is 47.0 Å². The normalized spacial score (nSPS) is 18.6. The largest absolute Gasteiger partial charge is 0.354 e. The third-order valence-electron chi connectivity index (χ3n) is 5.25. The predicted octanol–water partition coefficient (Wildman–Crippen LogP) is 0.782. The van der Waals surface area contributed by atoms with Crippen LogP contribution in [0.5, 0.6) is 0 Å². The van der Waals surface area contributed by atoms with Crippen LogP contribution in [-0.4, -0.2) is 59.1 Å². The molecule has 4 amide bonds. The number of hydrogen-bond acceptors (Lipinski definition) is 4. The molecule has 0 spiro atoms. The molecule has 0 unspecified atom stereocenters. The van der Waals surface area contributed by atoms with Crippen molar-refractivity contribution >= 4 is 23.5 Å². The summed E-state index contributed by atoms with van der Waals surface area (Å²) in [5, 5.41) is 12.3. The highest BCUT2D eigenvalue weighted by molar-refractivity contribution is 5.97. The van der Waals surface area contributed by atoms with Crippen LogP contribution in [0.1, 0.15) is 28.2 Å². The van der Waals surface area contributed by atoms with Gasteiger partial charge in [0.1, 0.15) is 5.82 Å². The molecular formula is C19H21FN6O3. The second-order valence-corrected chi connectivity index (χ2v) is 7.11. The minimum absolute atomic E-state index is 0.125. The molecular weight excluding hydrogens is 379 g/mol. The first-order valence-corrected chi connectivity index (χ1v) is 9.36. The Balaban J connectivity index is 1.40. The van der Waals surface area contributed by atoms with E-state index < -0.39 is 0 Å². The first-order chi connectivity index (χ1) is 14.0. The number of nitrogens with one attached hydrogen (secondary N) is 3. The number of rotatable bonds is 3. The van der Waals surface area contributed by atoms with Crippen LogP contribution in [0.15, 0.2) is 24.3 Å². The summed E-state index contributed by atoms with van der Waals surface area (Å²) in [5.74, 6) is -0.800. The summed E-state index contributed by atoms with van der Waals surface area (Å²) in [6, 6.07) is 5.05. The molecule has 0 aliphatic carbocycles. The van der Waals surface area contributed by atoms with Gasteiger partial charge in [0.15, 0.2) is 5.69 Å². The van der Waals surface area contributed by atoms with E-state index in [-0.39, 0.29) is 42.7 Å². The zero-order chi connectivity index (χ0) is 20.5. The number of aromatic nitrogens is 2. The summed E-state index contributed by atoms with van der Waals surface area (Å²) in [4.78, 5) is 40.2. The number of urea groups is 1. The number of halogens is 1. The van der Waals surface area contributed by atoms with Gasteiger partial charge in [-0.05, 0) is 24.3 Å². The molecule has 152 valence electrons. The molecule has 3 N–H and O–H groups in total. The van der Waals surface area contributed by atoms with Crippen molar-refractivity contribution in [1.82, 2.24) is 25.7 Å². The van der Waals surface area contributed by atoms with E-state index in [2.05, 4.69) is 20.8 Å². The van der Waals surface area contributed by atoms with E-state index in [4.69, 9.17) is 0 Å². The number of benzene rings is 1. The van der Waals surface area contributed by atoms with Crippen molar-refractivity contribution in [2.24, 2.45) is 0 Å². The highest BCUT2D eigenvalue weighted by Crippen LogP contribution is 2.23. The van der Waals surface area contributed by atoms with Gasteiger partial charge in [-0.2, -0.15) is 5.10 Å². The number of anilines is 1. The molecule has 2 aliphatic rings. The molecule has 1 aromatic heterocycles. The lowest BCUT2D eigenvalue weighted by Gasteiger charge is -2.28. The van der Waals surface area contributed by atoms with Crippen LogP contribution >= 0.6 is 0 Å². The van der Waals surface area contributed by atoms with E-state index in [0.717, 1.165) is 5.69 Å². The minimum atomic E-state index is -0.370. The van der Waals surface area contributed by atoms with E-state index >= 15 is 0 Å². The van der Waals surface area contributed by atoms with E-state index in [9.17, 15) is 18.8 Å². The summed E-state index contributed by atoms with van der Waals surface area (Å²) in [5.41, 5.74) is 2.45. The number of nitrogens with zero attached hydrogens (tertiary/aromatic N) is 3. The van der Waals surface area contributed by atoms with E-state index in [1.165, 1.54) is 19.2 Å². The van der Waals surface area contributed by atoms with E-state index in [1.54, 1.807) is 21.9 Å². The van der Waals surface area contributed by atoms with Crippen molar-refractivity contribution in [3.8, 4) is 0 Å². The van der Waals surface area contributed by atoms with Crippen LogP contribution in [0, 0.1) is 5.82 Å². The molecule has 10 heteroatoms. The van der Waals surface area contributed by atoms with Crippen LogP contribution in [-0.2, 0) is 17.8 Å². The third-order valence-corrected chi connectivity index (χ3v) is 5.25. The van der Waals surface area contributed by atoms with Gasteiger partial charge in [-0.25, -0.2) is 9.18 Å². The number of hydrogen-bond donors (Lipinski definition) is 3. The molecule has 1 fully saturated rings. The quantitative estimate of drug-likeness (QED) is 0.707. The molecule has 9 nitrogen and oxygen atoms in total. The fourth-order valence-corrected chi connectivity index (χ4v) is 3.72. The highest BCUT2D eigenvalue weighted by Gasteiger charge is 2.34. The second kappa shape index (κ2) is 7.53. The fourth-order valence-electron chi connectivity index (χ4n) is 3.72. The standard InChI is InChI=1S/C19H21FN6O3/c1-21-18(28)17-14-10-25(7-6-15(14)23-24-17)19(29)22-12-8-16(27)26(9-12)13-4-2-11(20)3-5-13/h2-5,12H,6-10H2,1H3,(H,21,28)(H,22,29)(H,23,24)/t12-/m0/s1. The Kier molecular flexibility index (Phi) is 4.91. The van der Waals surface area contributed by atoms with Crippen LogP contribution in [0.4, 0.5) is 14.9 Å². The van der Waals surface area contributed by atoms with Gasteiger partial charge in [0.05, 0.1) is 12.6 Å². The molecule has 1 saturated heterocycles. The number of fused-ring (bicyclic) bond motifs is 1. The van der Waals surface area contributed by atoms with Gasteiger partial charge in [-0.15, -0.1) is 0 Å². The highest BCUT2D eigenvalue weighted by atomic mass is 19.1. The number of aromatic amines is 1. The number of H-pyrrole nitrogens is 1. The molecule has 2 aromatic rings. The van der Waals surface area contributed by atoms with Crippen molar-refractivity contribution in [3.63, 3.8) is 0 Å². The van der Waals surface area contributed by atoms with Gasteiger partial charge >= 0.3 is 6.03 Å². The summed E-state index contributed by atoms with van der Waals surface area (Å²) in [6.45, 7) is 1.07. The Morgan fingerprint density at radius 1 is 1.28 bits per heavy atom. The molecule has 0 radical (unpaired) electrons. The molecule has 1 aromatic carbocycles. The second-order valence-electron chi connectivity index (χ2n) is 7.11.